The molecule has 1 rings (SSSR count). The van der Waals surface area contributed by atoms with Crippen molar-refractivity contribution in [2.75, 3.05) is 33.4 Å². The normalized spacial score (nSPS) is 10.7. The number of amides is 2. The molecule has 1 aromatic rings. The summed E-state index contributed by atoms with van der Waals surface area (Å²) in [6.07, 6.45) is 0. The lowest BCUT2D eigenvalue weighted by Gasteiger charge is -2.23. The lowest BCUT2D eigenvalue weighted by Crippen LogP contribution is -2.47. The van der Waals surface area contributed by atoms with Crippen LogP contribution in [-0.2, 0) is 19.1 Å². The van der Waals surface area contributed by atoms with Crippen LogP contribution in [0, 0.1) is 0 Å². The zero-order valence-corrected chi connectivity index (χ0v) is 16.5. The predicted molar refractivity (Wildman–Crippen MR) is 99.6 cm³/mol. The molecular formula is C19H28N2O6. The van der Waals surface area contributed by atoms with E-state index in [1.807, 2.05) is 27.7 Å². The largest absolute Gasteiger partial charge is 0.490 e. The van der Waals surface area contributed by atoms with Gasteiger partial charge in [-0.15, -0.1) is 0 Å². The highest BCUT2D eigenvalue weighted by molar-refractivity contribution is 5.86. The van der Waals surface area contributed by atoms with Gasteiger partial charge in [0.15, 0.2) is 24.7 Å². The van der Waals surface area contributed by atoms with Gasteiger partial charge in [0.25, 0.3) is 5.91 Å². The van der Waals surface area contributed by atoms with Gasteiger partial charge in [-0.2, -0.15) is 0 Å². The van der Waals surface area contributed by atoms with Crippen molar-refractivity contribution in [2.24, 2.45) is 0 Å². The number of hydrogen-bond acceptors (Lipinski definition) is 6. The van der Waals surface area contributed by atoms with Gasteiger partial charge >= 0.3 is 5.97 Å². The topological polar surface area (TPSA) is 94.2 Å². The van der Waals surface area contributed by atoms with E-state index in [1.54, 1.807) is 24.3 Å². The number of likely N-dealkylation sites (N-methyl/N-ethyl adjacent to an activating group) is 1. The Morgan fingerprint density at radius 2 is 1.63 bits per heavy atom. The first-order valence-electron chi connectivity index (χ1n) is 8.67. The molecule has 1 N–H and O–H groups in total. The van der Waals surface area contributed by atoms with Crippen LogP contribution < -0.4 is 14.8 Å². The summed E-state index contributed by atoms with van der Waals surface area (Å²) in [5.74, 6) is -0.531. The molecule has 0 aliphatic carbocycles. The molecule has 0 spiro atoms. The van der Waals surface area contributed by atoms with Crippen molar-refractivity contribution in [1.29, 1.82) is 0 Å². The maximum atomic E-state index is 12.0. The molecule has 0 aliphatic heterocycles. The van der Waals surface area contributed by atoms with Crippen LogP contribution in [0.15, 0.2) is 24.3 Å². The number of carbonyl (C=O) groups excluding carboxylic acids is 3. The lowest BCUT2D eigenvalue weighted by atomic mass is 10.1. The summed E-state index contributed by atoms with van der Waals surface area (Å²) in [7, 11) is 1.47. The summed E-state index contributed by atoms with van der Waals surface area (Å²) in [6.45, 7) is 6.91. The van der Waals surface area contributed by atoms with Gasteiger partial charge < -0.3 is 24.4 Å². The number of para-hydroxylation sites is 2. The Morgan fingerprint density at radius 3 is 2.19 bits per heavy atom. The second kappa shape index (κ2) is 10.4. The van der Waals surface area contributed by atoms with E-state index < -0.39 is 18.5 Å². The molecule has 150 valence electrons. The van der Waals surface area contributed by atoms with Crippen LogP contribution in [0.3, 0.4) is 0 Å². The maximum Gasteiger partial charge on any atom is 0.344 e. The molecule has 0 atom stereocenters. The Bertz CT molecular complexity index is 654. The molecule has 0 saturated carbocycles. The fraction of sp³-hybridized carbons (Fsp3) is 0.526. The van der Waals surface area contributed by atoms with Gasteiger partial charge in [-0.3, -0.25) is 9.59 Å². The van der Waals surface area contributed by atoms with E-state index >= 15 is 0 Å². The highest BCUT2D eigenvalue weighted by Crippen LogP contribution is 2.26. The van der Waals surface area contributed by atoms with Gasteiger partial charge in [-0.25, -0.2) is 4.79 Å². The highest BCUT2D eigenvalue weighted by atomic mass is 16.6. The molecule has 1 aromatic carbocycles. The van der Waals surface area contributed by atoms with Crippen molar-refractivity contribution in [2.45, 2.75) is 33.2 Å². The zero-order valence-electron chi connectivity index (χ0n) is 16.5. The van der Waals surface area contributed by atoms with Crippen LogP contribution in [0.25, 0.3) is 0 Å². The Labute approximate surface area is 159 Å². The van der Waals surface area contributed by atoms with Crippen LogP contribution in [0.2, 0.25) is 0 Å². The van der Waals surface area contributed by atoms with E-state index in [2.05, 4.69) is 5.32 Å². The maximum absolute atomic E-state index is 12.0. The summed E-state index contributed by atoms with van der Waals surface area (Å²) >= 11 is 0. The summed E-state index contributed by atoms with van der Waals surface area (Å²) in [4.78, 5) is 36.8. The van der Waals surface area contributed by atoms with E-state index in [1.165, 1.54) is 11.9 Å². The molecule has 0 radical (unpaired) electrons. The molecule has 27 heavy (non-hydrogen) atoms. The summed E-state index contributed by atoms with van der Waals surface area (Å²) < 4.78 is 15.7. The number of benzene rings is 1. The summed E-state index contributed by atoms with van der Waals surface area (Å²) in [5, 5.41) is 2.75. The van der Waals surface area contributed by atoms with Gasteiger partial charge in [-0.05, 0) is 39.8 Å². The van der Waals surface area contributed by atoms with E-state index in [0.717, 1.165) is 0 Å². The second-order valence-corrected chi connectivity index (χ2v) is 6.88. The zero-order chi connectivity index (χ0) is 20.4. The number of nitrogens with one attached hydrogen (secondary N) is 1. The molecule has 0 aliphatic rings. The van der Waals surface area contributed by atoms with E-state index in [9.17, 15) is 14.4 Å². The molecule has 0 fully saturated rings. The first-order chi connectivity index (χ1) is 12.6. The molecule has 2 amide bonds. The average molecular weight is 380 g/mol. The van der Waals surface area contributed by atoms with Crippen molar-refractivity contribution < 1.29 is 28.6 Å². The fourth-order valence-electron chi connectivity index (χ4n) is 2.04. The molecular weight excluding hydrogens is 352 g/mol. The summed E-state index contributed by atoms with van der Waals surface area (Å²) in [5.41, 5.74) is -0.386. The molecule has 8 heteroatoms. The van der Waals surface area contributed by atoms with Crippen molar-refractivity contribution in [3.05, 3.63) is 24.3 Å². The molecule has 0 saturated heterocycles. The fourth-order valence-corrected chi connectivity index (χ4v) is 2.04. The van der Waals surface area contributed by atoms with E-state index in [0.29, 0.717) is 18.1 Å². The number of rotatable bonds is 9. The quantitative estimate of drug-likeness (QED) is 0.651. The first kappa shape index (κ1) is 22.3. The number of nitrogens with zero attached hydrogens (tertiary/aromatic N) is 1. The van der Waals surface area contributed by atoms with Gasteiger partial charge in [-0.1, -0.05) is 12.1 Å². The Hall–Kier alpha value is -2.77. The third-order valence-electron chi connectivity index (χ3n) is 3.17. The van der Waals surface area contributed by atoms with Gasteiger partial charge in [0.1, 0.15) is 0 Å². The second-order valence-electron chi connectivity index (χ2n) is 6.88. The van der Waals surface area contributed by atoms with Crippen LogP contribution >= 0.6 is 0 Å². The van der Waals surface area contributed by atoms with Gasteiger partial charge in [0.2, 0.25) is 5.91 Å². The average Bonchev–Trinajstić information content (AvgIpc) is 2.57. The molecule has 0 aromatic heterocycles. The highest BCUT2D eigenvalue weighted by Gasteiger charge is 2.19. The Kier molecular flexibility index (Phi) is 8.58. The van der Waals surface area contributed by atoms with Crippen molar-refractivity contribution in [3.8, 4) is 11.5 Å². The van der Waals surface area contributed by atoms with Crippen molar-refractivity contribution >= 4 is 17.8 Å². The smallest absolute Gasteiger partial charge is 0.344 e. The van der Waals surface area contributed by atoms with Crippen molar-refractivity contribution in [1.82, 2.24) is 10.2 Å². The van der Waals surface area contributed by atoms with E-state index in [4.69, 9.17) is 14.2 Å². The van der Waals surface area contributed by atoms with Crippen LogP contribution in [-0.4, -0.2) is 61.6 Å². The molecule has 0 bridgehead atoms. The first-order valence-corrected chi connectivity index (χ1v) is 8.67. The molecule has 0 heterocycles. The monoisotopic (exact) mass is 380 g/mol. The third kappa shape index (κ3) is 8.94. The van der Waals surface area contributed by atoms with E-state index in [-0.39, 0.29) is 24.6 Å². The Balaban J connectivity index is 2.39. The lowest BCUT2D eigenvalue weighted by molar-refractivity contribution is -0.153. The minimum Gasteiger partial charge on any atom is -0.490 e. The Morgan fingerprint density at radius 1 is 1.04 bits per heavy atom. The SMILES string of the molecule is CCOc1ccccc1OCC(=O)OCC(=O)N(C)CC(=O)NC(C)(C)C. The summed E-state index contributed by atoms with van der Waals surface area (Å²) in [6, 6.07) is 6.95. The van der Waals surface area contributed by atoms with Crippen LogP contribution in [0.5, 0.6) is 11.5 Å². The number of esters is 1. The number of carbonyl (C=O) groups is 3. The van der Waals surface area contributed by atoms with Crippen LogP contribution in [0.4, 0.5) is 0 Å². The van der Waals surface area contributed by atoms with Gasteiger partial charge in [0.05, 0.1) is 13.2 Å². The number of ether oxygens (including phenoxy) is 3. The third-order valence-corrected chi connectivity index (χ3v) is 3.17. The van der Waals surface area contributed by atoms with Crippen molar-refractivity contribution in [3.63, 3.8) is 0 Å². The minimum absolute atomic E-state index is 0.119. The predicted octanol–water partition coefficient (Wildman–Crippen LogP) is 1.38. The minimum atomic E-state index is -0.692. The molecule has 8 nitrogen and oxygen atoms in total. The van der Waals surface area contributed by atoms with Crippen LogP contribution in [0.1, 0.15) is 27.7 Å². The van der Waals surface area contributed by atoms with Gasteiger partial charge in [0, 0.05) is 12.6 Å². The molecule has 0 unspecified atom stereocenters. The number of hydrogen-bond donors (Lipinski definition) is 1. The standard InChI is InChI=1S/C19H28N2O6/c1-6-25-14-9-7-8-10-15(14)26-13-18(24)27-12-17(23)21(5)11-16(22)20-19(2,3)4/h7-10H,6,11-13H2,1-5H3,(H,20,22).